The summed E-state index contributed by atoms with van der Waals surface area (Å²) in [4.78, 5) is 51.1. The fourth-order valence-corrected chi connectivity index (χ4v) is 3.67. The standard InChI is InChI=1S/C22H20ClF3N4O7/c1-35-15-10-16(36-2)13(9-12(15)23)28-17(31)19(37-20(33)22(24,25)26)30-14-6-4-3-5-11(14)18(32)29(8-7-27)21(30)34/h3-6,9-10,19H,7-8,27H2,1-2H3,(H,28,31). The van der Waals surface area contributed by atoms with Gasteiger partial charge in [-0.15, -0.1) is 0 Å². The molecule has 3 aromatic rings. The van der Waals surface area contributed by atoms with Gasteiger partial charge in [-0.1, -0.05) is 23.7 Å². The number of fused-ring (bicyclic) bond motifs is 1. The van der Waals surface area contributed by atoms with E-state index in [0.717, 1.165) is 0 Å². The molecule has 1 aromatic heterocycles. The number of nitrogens with zero attached hydrogens (tertiary/aromatic N) is 2. The van der Waals surface area contributed by atoms with Crippen LogP contribution < -0.4 is 31.8 Å². The molecular formula is C22H20ClF3N4O7. The fourth-order valence-electron chi connectivity index (χ4n) is 3.43. The van der Waals surface area contributed by atoms with Crippen LogP contribution in [0.3, 0.4) is 0 Å². The van der Waals surface area contributed by atoms with Crippen LogP contribution in [-0.2, 0) is 20.9 Å². The molecule has 198 valence electrons. The quantitative estimate of drug-likeness (QED) is 0.410. The molecule has 0 saturated carbocycles. The number of hydrogen-bond donors (Lipinski definition) is 2. The van der Waals surface area contributed by atoms with E-state index in [1.54, 1.807) is 0 Å². The minimum absolute atomic E-state index is 0.00143. The van der Waals surface area contributed by atoms with Gasteiger partial charge in [0, 0.05) is 19.2 Å². The van der Waals surface area contributed by atoms with E-state index in [9.17, 15) is 32.3 Å². The second-order valence-electron chi connectivity index (χ2n) is 7.35. The van der Waals surface area contributed by atoms with E-state index < -0.39 is 35.5 Å². The van der Waals surface area contributed by atoms with Gasteiger partial charge in [-0.2, -0.15) is 13.2 Å². The third-order valence-electron chi connectivity index (χ3n) is 5.07. The van der Waals surface area contributed by atoms with Gasteiger partial charge in [-0.3, -0.25) is 14.2 Å². The number of para-hydroxylation sites is 1. The molecule has 0 aliphatic carbocycles. The normalized spacial score (nSPS) is 12.2. The lowest BCUT2D eigenvalue weighted by Crippen LogP contribution is -2.46. The highest BCUT2D eigenvalue weighted by atomic mass is 35.5. The topological polar surface area (TPSA) is 144 Å². The van der Waals surface area contributed by atoms with Crippen molar-refractivity contribution in [2.45, 2.75) is 18.9 Å². The lowest BCUT2D eigenvalue weighted by Gasteiger charge is -2.23. The summed E-state index contributed by atoms with van der Waals surface area (Å²) < 4.78 is 55.2. The molecule has 3 rings (SSSR count). The molecule has 3 N–H and O–H groups in total. The summed E-state index contributed by atoms with van der Waals surface area (Å²) in [6.07, 6.45) is -8.02. The predicted molar refractivity (Wildman–Crippen MR) is 126 cm³/mol. The summed E-state index contributed by atoms with van der Waals surface area (Å²) >= 11 is 6.09. The van der Waals surface area contributed by atoms with Crippen molar-refractivity contribution in [3.63, 3.8) is 0 Å². The molecule has 15 heteroatoms. The number of anilines is 1. The van der Waals surface area contributed by atoms with Gasteiger partial charge in [0.25, 0.3) is 17.7 Å². The second kappa shape index (κ2) is 10.9. The molecule has 1 atom stereocenters. The van der Waals surface area contributed by atoms with Crippen LogP contribution in [0.5, 0.6) is 11.5 Å². The van der Waals surface area contributed by atoms with Gasteiger partial charge in [-0.25, -0.2) is 14.2 Å². The molecule has 0 fully saturated rings. The van der Waals surface area contributed by atoms with Gasteiger partial charge in [0.15, 0.2) is 0 Å². The lowest BCUT2D eigenvalue weighted by molar-refractivity contribution is -0.208. The number of nitrogens with one attached hydrogen (secondary N) is 1. The maximum Gasteiger partial charge on any atom is 0.491 e. The SMILES string of the molecule is COc1cc(OC)c(NC(=O)C(OC(=O)C(F)(F)F)n2c(=O)n(CCN)c(=O)c3ccccc32)cc1Cl. The van der Waals surface area contributed by atoms with E-state index in [1.807, 2.05) is 0 Å². The van der Waals surface area contributed by atoms with Crippen molar-refractivity contribution in [1.82, 2.24) is 9.13 Å². The van der Waals surface area contributed by atoms with Gasteiger partial charge in [-0.05, 0) is 18.2 Å². The Morgan fingerprint density at radius 2 is 1.76 bits per heavy atom. The number of hydrogen-bond acceptors (Lipinski definition) is 8. The van der Waals surface area contributed by atoms with Crippen molar-refractivity contribution in [3.05, 3.63) is 62.3 Å². The average Bonchev–Trinajstić information content (AvgIpc) is 2.85. The van der Waals surface area contributed by atoms with Crippen molar-refractivity contribution in [1.29, 1.82) is 0 Å². The first kappa shape index (κ1) is 27.5. The zero-order chi connectivity index (χ0) is 27.5. The summed E-state index contributed by atoms with van der Waals surface area (Å²) in [5.41, 5.74) is 3.05. The molecule has 37 heavy (non-hydrogen) atoms. The average molecular weight is 545 g/mol. The third-order valence-corrected chi connectivity index (χ3v) is 5.36. The van der Waals surface area contributed by atoms with Gasteiger partial charge in [0.05, 0.1) is 35.8 Å². The highest BCUT2D eigenvalue weighted by molar-refractivity contribution is 6.32. The molecule has 11 nitrogen and oxygen atoms in total. The first-order chi connectivity index (χ1) is 17.4. The number of benzene rings is 2. The van der Waals surface area contributed by atoms with Crippen LogP contribution in [-0.4, -0.2) is 48.0 Å². The maximum atomic E-state index is 13.3. The van der Waals surface area contributed by atoms with Crippen LogP contribution in [0.4, 0.5) is 18.9 Å². The minimum Gasteiger partial charge on any atom is -0.495 e. The highest BCUT2D eigenvalue weighted by Crippen LogP contribution is 2.36. The van der Waals surface area contributed by atoms with Crippen LogP contribution in [0.2, 0.25) is 5.02 Å². The molecular weight excluding hydrogens is 525 g/mol. The number of rotatable bonds is 8. The summed E-state index contributed by atoms with van der Waals surface area (Å²) in [6.45, 7) is -0.514. The van der Waals surface area contributed by atoms with E-state index in [2.05, 4.69) is 10.1 Å². The van der Waals surface area contributed by atoms with Crippen LogP contribution in [0, 0.1) is 0 Å². The zero-order valence-electron chi connectivity index (χ0n) is 19.3. The molecule has 0 spiro atoms. The summed E-state index contributed by atoms with van der Waals surface area (Å²) in [5.74, 6) is -3.99. The molecule has 1 heterocycles. The second-order valence-corrected chi connectivity index (χ2v) is 7.75. The van der Waals surface area contributed by atoms with Crippen LogP contribution in [0.1, 0.15) is 6.23 Å². The first-order valence-corrected chi connectivity index (χ1v) is 10.8. The highest BCUT2D eigenvalue weighted by Gasteiger charge is 2.44. The first-order valence-electron chi connectivity index (χ1n) is 10.4. The number of carbonyl (C=O) groups is 2. The summed E-state index contributed by atoms with van der Waals surface area (Å²) in [5, 5.41) is 2.11. The Bertz CT molecular complexity index is 1470. The molecule has 0 bridgehead atoms. The van der Waals surface area contributed by atoms with Crippen LogP contribution in [0.25, 0.3) is 10.9 Å². The Balaban J connectivity index is 2.25. The molecule has 0 saturated heterocycles. The van der Waals surface area contributed by atoms with E-state index in [4.69, 9.17) is 26.8 Å². The number of alkyl halides is 3. The largest absolute Gasteiger partial charge is 0.495 e. The molecule has 0 aliphatic heterocycles. The number of amides is 1. The van der Waals surface area contributed by atoms with Crippen molar-refractivity contribution in [3.8, 4) is 11.5 Å². The number of methoxy groups -OCH3 is 2. The number of nitrogens with two attached hydrogens (primary N) is 1. The Morgan fingerprint density at radius 3 is 2.35 bits per heavy atom. The van der Waals surface area contributed by atoms with Gasteiger partial charge in [0.1, 0.15) is 11.5 Å². The van der Waals surface area contributed by atoms with Gasteiger partial charge in [0.2, 0.25) is 0 Å². The minimum atomic E-state index is -5.51. The van der Waals surface area contributed by atoms with Gasteiger partial charge < -0.3 is 25.3 Å². The van der Waals surface area contributed by atoms with Gasteiger partial charge >= 0.3 is 17.8 Å². The molecule has 1 amide bonds. The van der Waals surface area contributed by atoms with Crippen molar-refractivity contribution >= 4 is 40.1 Å². The maximum absolute atomic E-state index is 13.3. The molecule has 0 radical (unpaired) electrons. The summed E-state index contributed by atoms with van der Waals surface area (Å²) in [7, 11) is 2.56. The van der Waals surface area contributed by atoms with Crippen molar-refractivity contribution in [2.75, 3.05) is 26.1 Å². The Hall–Kier alpha value is -4.04. The monoisotopic (exact) mass is 544 g/mol. The Morgan fingerprint density at radius 1 is 1.11 bits per heavy atom. The van der Waals surface area contributed by atoms with Crippen LogP contribution >= 0.6 is 11.6 Å². The van der Waals surface area contributed by atoms with E-state index >= 15 is 0 Å². The van der Waals surface area contributed by atoms with Crippen molar-refractivity contribution in [2.24, 2.45) is 5.73 Å². The number of ether oxygens (including phenoxy) is 3. The summed E-state index contributed by atoms with van der Waals surface area (Å²) in [6, 6.07) is 7.77. The van der Waals surface area contributed by atoms with E-state index in [0.29, 0.717) is 9.13 Å². The van der Waals surface area contributed by atoms with E-state index in [-0.39, 0.29) is 46.2 Å². The lowest BCUT2D eigenvalue weighted by atomic mass is 10.2. The van der Waals surface area contributed by atoms with E-state index in [1.165, 1.54) is 50.6 Å². The Kier molecular flexibility index (Phi) is 8.13. The predicted octanol–water partition coefficient (Wildman–Crippen LogP) is 2.04. The smallest absolute Gasteiger partial charge is 0.491 e. The number of carbonyl (C=O) groups excluding carboxylic acids is 2. The fraction of sp³-hybridized carbons (Fsp3) is 0.273. The number of esters is 1. The van der Waals surface area contributed by atoms with Crippen LogP contribution in [0.15, 0.2) is 46.0 Å². The Labute approximate surface area is 211 Å². The third kappa shape index (κ3) is 5.54. The molecule has 2 aromatic carbocycles. The van der Waals surface area contributed by atoms with Crippen molar-refractivity contribution < 1.29 is 37.0 Å². The number of halogens is 4. The number of aromatic nitrogens is 2. The zero-order valence-corrected chi connectivity index (χ0v) is 20.1. The molecule has 1 unspecified atom stereocenters. The molecule has 0 aliphatic rings.